The summed E-state index contributed by atoms with van der Waals surface area (Å²) >= 11 is 0. The molecule has 2 fully saturated rings. The molecule has 2 aliphatic rings. The lowest BCUT2D eigenvalue weighted by Gasteiger charge is -2.29. The molecule has 2 amide bonds. The Morgan fingerprint density at radius 1 is 1.15 bits per heavy atom. The van der Waals surface area contributed by atoms with Gasteiger partial charge in [-0.05, 0) is 30.9 Å². The van der Waals surface area contributed by atoms with E-state index in [0.29, 0.717) is 5.56 Å². The molecule has 1 saturated carbocycles. The molecule has 2 aromatic rings. The van der Waals surface area contributed by atoms with Crippen molar-refractivity contribution < 1.29 is 22.8 Å². The quantitative estimate of drug-likeness (QED) is 0.674. The number of hydrogen-bond donors (Lipinski definition) is 1. The van der Waals surface area contributed by atoms with Crippen LogP contribution in [-0.4, -0.2) is 64.4 Å². The van der Waals surface area contributed by atoms with Crippen molar-refractivity contribution >= 4 is 17.6 Å². The van der Waals surface area contributed by atoms with Crippen molar-refractivity contribution in [3.63, 3.8) is 0 Å². The maximum atomic E-state index is 13.6. The molecule has 178 valence electrons. The minimum atomic E-state index is -4.68. The van der Waals surface area contributed by atoms with E-state index in [0.717, 1.165) is 18.9 Å². The number of rotatable bonds is 2. The number of alkyl halides is 3. The fraction of sp³-hybridized carbons (Fsp3) is 0.435. The monoisotopic (exact) mass is 472 g/mol. The van der Waals surface area contributed by atoms with Crippen LogP contribution >= 0.6 is 0 Å². The maximum absolute atomic E-state index is 13.6. The van der Waals surface area contributed by atoms with Gasteiger partial charge in [0, 0.05) is 69.1 Å². The zero-order valence-electron chi connectivity index (χ0n) is 18.3. The van der Waals surface area contributed by atoms with Crippen molar-refractivity contribution in [1.29, 1.82) is 0 Å². The predicted molar refractivity (Wildman–Crippen MR) is 117 cm³/mol. The second kappa shape index (κ2) is 10.1. The fourth-order valence-corrected chi connectivity index (χ4v) is 3.39. The van der Waals surface area contributed by atoms with Crippen molar-refractivity contribution in [1.82, 2.24) is 25.2 Å². The van der Waals surface area contributed by atoms with Crippen LogP contribution in [0.5, 0.6) is 0 Å². The van der Waals surface area contributed by atoms with Crippen LogP contribution in [0.15, 0.2) is 30.6 Å². The number of amides is 2. The van der Waals surface area contributed by atoms with Crippen molar-refractivity contribution in [2.45, 2.75) is 25.4 Å². The third-order valence-electron chi connectivity index (χ3n) is 5.45. The van der Waals surface area contributed by atoms with Gasteiger partial charge in [-0.3, -0.25) is 14.6 Å². The van der Waals surface area contributed by atoms with E-state index >= 15 is 0 Å². The predicted octanol–water partition coefficient (Wildman–Crippen LogP) is 2.13. The summed E-state index contributed by atoms with van der Waals surface area (Å²) in [4.78, 5) is 39.8. The highest BCUT2D eigenvalue weighted by Crippen LogP contribution is 2.31. The number of halogens is 3. The van der Waals surface area contributed by atoms with Crippen molar-refractivity contribution in [2.75, 3.05) is 37.6 Å². The summed E-state index contributed by atoms with van der Waals surface area (Å²) in [6.07, 6.45) is 0.300. The van der Waals surface area contributed by atoms with E-state index in [1.54, 1.807) is 17.0 Å². The van der Waals surface area contributed by atoms with Crippen LogP contribution in [0.3, 0.4) is 0 Å². The molecule has 3 heterocycles. The van der Waals surface area contributed by atoms with Gasteiger partial charge in [0.05, 0.1) is 0 Å². The molecular formula is C23H23F3N6O2. The molecule has 0 radical (unpaired) electrons. The molecule has 8 nitrogen and oxygen atoms in total. The summed E-state index contributed by atoms with van der Waals surface area (Å²) in [5, 5.41) is 2.73. The first kappa shape index (κ1) is 23.5. The van der Waals surface area contributed by atoms with Gasteiger partial charge in [-0.15, -0.1) is 0 Å². The van der Waals surface area contributed by atoms with Crippen molar-refractivity contribution in [2.24, 2.45) is 5.92 Å². The van der Waals surface area contributed by atoms with Crippen molar-refractivity contribution in [3.05, 3.63) is 36.3 Å². The highest BCUT2D eigenvalue weighted by molar-refractivity contribution is 5.94. The molecule has 11 heteroatoms. The van der Waals surface area contributed by atoms with Gasteiger partial charge in [-0.25, -0.2) is 9.97 Å². The largest absolute Gasteiger partial charge is 0.433 e. The number of pyridine rings is 1. The van der Waals surface area contributed by atoms with Gasteiger partial charge in [-0.1, -0.05) is 5.92 Å². The van der Waals surface area contributed by atoms with Crippen LogP contribution in [0.2, 0.25) is 0 Å². The van der Waals surface area contributed by atoms with Gasteiger partial charge < -0.3 is 15.1 Å². The van der Waals surface area contributed by atoms with Gasteiger partial charge in [0.25, 0.3) is 5.91 Å². The highest BCUT2D eigenvalue weighted by Gasteiger charge is 2.34. The Balaban J connectivity index is 1.63. The highest BCUT2D eigenvalue weighted by atomic mass is 19.4. The van der Waals surface area contributed by atoms with Gasteiger partial charge >= 0.3 is 6.18 Å². The van der Waals surface area contributed by atoms with Crippen LogP contribution in [0, 0.1) is 17.8 Å². The second-order valence-corrected chi connectivity index (χ2v) is 8.10. The number of nitrogens with one attached hydrogen (secondary N) is 1. The summed E-state index contributed by atoms with van der Waals surface area (Å²) in [5.41, 5.74) is -0.739. The molecule has 0 spiro atoms. The van der Waals surface area contributed by atoms with Crippen LogP contribution in [0.1, 0.15) is 25.0 Å². The molecule has 4 rings (SSSR count). The Labute approximate surface area is 194 Å². The molecule has 0 bridgehead atoms. The molecule has 34 heavy (non-hydrogen) atoms. The Morgan fingerprint density at radius 2 is 1.97 bits per heavy atom. The summed E-state index contributed by atoms with van der Waals surface area (Å²) in [7, 11) is 0. The molecule has 0 atom stereocenters. The molecule has 0 unspecified atom stereocenters. The topological polar surface area (TPSA) is 91.3 Å². The lowest BCUT2D eigenvalue weighted by Crippen LogP contribution is -2.45. The number of aromatic nitrogens is 3. The van der Waals surface area contributed by atoms with E-state index in [2.05, 4.69) is 32.1 Å². The van der Waals surface area contributed by atoms with E-state index in [4.69, 9.17) is 0 Å². The van der Waals surface area contributed by atoms with E-state index < -0.39 is 17.8 Å². The normalized spacial score (nSPS) is 17.4. The standard InChI is InChI=1S/C23H23F3N6O2/c24-23(25,26)18-14-19(30-22(29-18)17-2-1-8-27-15-17)31-11-9-28-20(33)7-10-32(13-12-31)21(34)6-5-16-3-4-16/h1-2,8,14-16H,3-4,7,9-13H2,(H,28,33). The van der Waals surface area contributed by atoms with Gasteiger partial charge in [0.1, 0.15) is 5.82 Å². The third kappa shape index (κ3) is 6.21. The number of carbonyl (C=O) groups is 2. The van der Waals surface area contributed by atoms with Crippen LogP contribution in [-0.2, 0) is 15.8 Å². The average Bonchev–Trinajstić information content (AvgIpc) is 3.66. The van der Waals surface area contributed by atoms with Crippen LogP contribution in [0.4, 0.5) is 19.0 Å². The molecule has 0 aromatic carbocycles. The smallest absolute Gasteiger partial charge is 0.354 e. The van der Waals surface area contributed by atoms with E-state index in [-0.39, 0.29) is 62.6 Å². The maximum Gasteiger partial charge on any atom is 0.433 e. The molecule has 1 saturated heterocycles. The van der Waals surface area contributed by atoms with Crippen LogP contribution in [0.25, 0.3) is 11.4 Å². The molecule has 1 aliphatic heterocycles. The first-order valence-electron chi connectivity index (χ1n) is 11.0. The zero-order valence-corrected chi connectivity index (χ0v) is 18.3. The summed E-state index contributed by atoms with van der Waals surface area (Å²) in [6.45, 7) is 1.02. The Kier molecular flexibility index (Phi) is 6.95. The molecule has 1 N–H and O–H groups in total. The second-order valence-electron chi connectivity index (χ2n) is 8.10. The van der Waals surface area contributed by atoms with Crippen LogP contribution < -0.4 is 10.2 Å². The number of nitrogens with zero attached hydrogens (tertiary/aromatic N) is 5. The lowest BCUT2D eigenvalue weighted by atomic mass is 10.2. The van der Waals surface area contributed by atoms with E-state index in [9.17, 15) is 22.8 Å². The summed E-state index contributed by atoms with van der Waals surface area (Å²) in [5.74, 6) is 5.10. The molecule has 1 aliphatic carbocycles. The first-order chi connectivity index (χ1) is 16.3. The van der Waals surface area contributed by atoms with Gasteiger partial charge in [0.15, 0.2) is 11.5 Å². The van der Waals surface area contributed by atoms with E-state index in [1.807, 2.05) is 0 Å². The Hall–Kier alpha value is -3.68. The zero-order chi connectivity index (χ0) is 24.1. The first-order valence-corrected chi connectivity index (χ1v) is 11.0. The number of hydrogen-bond acceptors (Lipinski definition) is 6. The number of carbonyl (C=O) groups excluding carboxylic acids is 2. The van der Waals surface area contributed by atoms with Gasteiger partial charge in [0.2, 0.25) is 5.91 Å². The third-order valence-corrected chi connectivity index (χ3v) is 5.45. The summed E-state index contributed by atoms with van der Waals surface area (Å²) in [6, 6.07) is 4.05. The van der Waals surface area contributed by atoms with Gasteiger partial charge in [-0.2, -0.15) is 13.2 Å². The Morgan fingerprint density at radius 3 is 2.68 bits per heavy atom. The lowest BCUT2D eigenvalue weighted by molar-refractivity contribution is -0.141. The SMILES string of the molecule is O=C1CCN(C(=O)C#CC2CC2)CCN(c2cc(C(F)(F)F)nc(-c3cccnc3)n2)CCN1. The minimum Gasteiger partial charge on any atom is -0.354 e. The number of anilines is 1. The van der Waals surface area contributed by atoms with E-state index in [1.165, 1.54) is 17.3 Å². The average molecular weight is 472 g/mol. The summed E-state index contributed by atoms with van der Waals surface area (Å²) < 4.78 is 40.9. The Bertz CT molecular complexity index is 1110. The molecule has 2 aromatic heterocycles. The molecular weight excluding hydrogens is 449 g/mol. The fourth-order valence-electron chi connectivity index (χ4n) is 3.39. The van der Waals surface area contributed by atoms with Crippen molar-refractivity contribution in [3.8, 4) is 23.2 Å². The minimum absolute atomic E-state index is 0.0486.